The van der Waals surface area contributed by atoms with Gasteiger partial charge in [0.05, 0.1) is 19.8 Å². The SMILES string of the molecule is CCOc1cccc([C@@H](C)NC(=O)NCc2ccc(OC)nc2)c1. The van der Waals surface area contributed by atoms with Crippen molar-refractivity contribution < 1.29 is 14.3 Å². The van der Waals surface area contributed by atoms with Crippen LogP contribution < -0.4 is 20.1 Å². The minimum Gasteiger partial charge on any atom is -0.494 e. The van der Waals surface area contributed by atoms with Gasteiger partial charge in [0.1, 0.15) is 5.75 Å². The van der Waals surface area contributed by atoms with Crippen LogP contribution in [0.4, 0.5) is 4.79 Å². The van der Waals surface area contributed by atoms with E-state index in [-0.39, 0.29) is 12.1 Å². The number of rotatable bonds is 7. The van der Waals surface area contributed by atoms with E-state index in [2.05, 4.69) is 15.6 Å². The summed E-state index contributed by atoms with van der Waals surface area (Å²) in [6.07, 6.45) is 1.67. The molecule has 0 aliphatic heterocycles. The first kappa shape index (κ1) is 17.6. The van der Waals surface area contributed by atoms with Crippen LogP contribution >= 0.6 is 0 Å². The lowest BCUT2D eigenvalue weighted by Gasteiger charge is -2.16. The fourth-order valence-corrected chi connectivity index (χ4v) is 2.19. The van der Waals surface area contributed by atoms with Gasteiger partial charge in [-0.25, -0.2) is 9.78 Å². The second-order valence-electron chi connectivity index (χ2n) is 5.26. The van der Waals surface area contributed by atoms with E-state index in [9.17, 15) is 4.79 Å². The van der Waals surface area contributed by atoms with Crippen LogP contribution in [0.3, 0.4) is 0 Å². The van der Waals surface area contributed by atoms with Gasteiger partial charge in [0.15, 0.2) is 0 Å². The van der Waals surface area contributed by atoms with Crippen molar-refractivity contribution in [1.29, 1.82) is 0 Å². The molecular weight excluding hydrogens is 306 g/mol. The number of hydrogen-bond donors (Lipinski definition) is 2. The van der Waals surface area contributed by atoms with Gasteiger partial charge >= 0.3 is 6.03 Å². The molecule has 0 spiro atoms. The summed E-state index contributed by atoms with van der Waals surface area (Å²) in [4.78, 5) is 16.1. The third-order valence-electron chi connectivity index (χ3n) is 3.48. The van der Waals surface area contributed by atoms with E-state index < -0.39 is 0 Å². The highest BCUT2D eigenvalue weighted by atomic mass is 16.5. The Bertz CT molecular complexity index is 659. The minimum atomic E-state index is -0.236. The molecule has 2 amide bonds. The van der Waals surface area contributed by atoms with Crippen LogP contribution in [0.15, 0.2) is 42.6 Å². The molecule has 6 heteroatoms. The Balaban J connectivity index is 1.85. The zero-order chi connectivity index (χ0) is 17.4. The Labute approximate surface area is 142 Å². The van der Waals surface area contributed by atoms with Crippen LogP contribution in [0.2, 0.25) is 0 Å². The number of aromatic nitrogens is 1. The number of pyridine rings is 1. The Morgan fingerprint density at radius 3 is 2.79 bits per heavy atom. The number of methoxy groups -OCH3 is 1. The minimum absolute atomic E-state index is 0.126. The first-order valence-electron chi connectivity index (χ1n) is 7.88. The quantitative estimate of drug-likeness (QED) is 0.819. The number of carbonyl (C=O) groups excluding carboxylic acids is 1. The smallest absolute Gasteiger partial charge is 0.315 e. The van der Waals surface area contributed by atoms with Gasteiger partial charge in [-0.2, -0.15) is 0 Å². The number of hydrogen-bond acceptors (Lipinski definition) is 4. The van der Waals surface area contributed by atoms with E-state index in [1.54, 1.807) is 19.4 Å². The van der Waals surface area contributed by atoms with E-state index in [0.717, 1.165) is 16.9 Å². The molecule has 0 fully saturated rings. The maximum atomic E-state index is 12.0. The summed E-state index contributed by atoms with van der Waals surface area (Å²) < 4.78 is 10.5. The zero-order valence-electron chi connectivity index (χ0n) is 14.2. The summed E-state index contributed by atoms with van der Waals surface area (Å²) in [5, 5.41) is 5.72. The van der Waals surface area contributed by atoms with Gasteiger partial charge in [0, 0.05) is 18.8 Å². The summed E-state index contributed by atoms with van der Waals surface area (Å²) in [6, 6.07) is 11.0. The van der Waals surface area contributed by atoms with Crippen molar-refractivity contribution in [1.82, 2.24) is 15.6 Å². The topological polar surface area (TPSA) is 72.5 Å². The lowest BCUT2D eigenvalue weighted by atomic mass is 10.1. The highest BCUT2D eigenvalue weighted by molar-refractivity contribution is 5.74. The van der Waals surface area contributed by atoms with Crippen LogP contribution in [0.1, 0.15) is 31.0 Å². The molecule has 6 nitrogen and oxygen atoms in total. The third kappa shape index (κ3) is 5.15. The molecule has 2 N–H and O–H groups in total. The molecule has 0 aliphatic carbocycles. The second-order valence-corrected chi connectivity index (χ2v) is 5.26. The van der Waals surface area contributed by atoms with Crippen LogP contribution in [0.5, 0.6) is 11.6 Å². The first-order chi connectivity index (χ1) is 11.6. The Morgan fingerprint density at radius 2 is 2.12 bits per heavy atom. The van der Waals surface area contributed by atoms with Crippen molar-refractivity contribution in [2.24, 2.45) is 0 Å². The van der Waals surface area contributed by atoms with Crippen LogP contribution in [0, 0.1) is 0 Å². The molecule has 24 heavy (non-hydrogen) atoms. The van der Waals surface area contributed by atoms with Gasteiger partial charge in [0.2, 0.25) is 5.88 Å². The summed E-state index contributed by atoms with van der Waals surface area (Å²) in [5.41, 5.74) is 1.89. The normalized spacial score (nSPS) is 11.5. The lowest BCUT2D eigenvalue weighted by Crippen LogP contribution is -2.36. The van der Waals surface area contributed by atoms with E-state index in [1.165, 1.54) is 0 Å². The molecule has 0 saturated carbocycles. The monoisotopic (exact) mass is 329 g/mol. The number of nitrogens with zero attached hydrogens (tertiary/aromatic N) is 1. The van der Waals surface area contributed by atoms with Crippen molar-refractivity contribution in [3.05, 3.63) is 53.7 Å². The van der Waals surface area contributed by atoms with Crippen molar-refractivity contribution in [3.8, 4) is 11.6 Å². The number of benzene rings is 1. The van der Waals surface area contributed by atoms with Crippen molar-refractivity contribution in [2.45, 2.75) is 26.4 Å². The molecule has 1 atom stereocenters. The molecule has 0 bridgehead atoms. The maximum absolute atomic E-state index is 12.0. The molecule has 0 radical (unpaired) electrons. The molecule has 1 heterocycles. The number of amides is 2. The maximum Gasteiger partial charge on any atom is 0.315 e. The fraction of sp³-hybridized carbons (Fsp3) is 0.333. The predicted octanol–water partition coefficient (Wildman–Crippen LogP) is 3.05. The molecule has 128 valence electrons. The van der Waals surface area contributed by atoms with E-state index in [1.807, 2.05) is 44.2 Å². The third-order valence-corrected chi connectivity index (χ3v) is 3.48. The van der Waals surface area contributed by atoms with Crippen molar-refractivity contribution >= 4 is 6.03 Å². The first-order valence-corrected chi connectivity index (χ1v) is 7.88. The Kier molecular flexibility index (Phi) is 6.42. The van der Waals surface area contributed by atoms with E-state index in [4.69, 9.17) is 9.47 Å². The van der Waals surface area contributed by atoms with Gasteiger partial charge in [0.25, 0.3) is 0 Å². The van der Waals surface area contributed by atoms with Gasteiger partial charge in [-0.1, -0.05) is 18.2 Å². The van der Waals surface area contributed by atoms with E-state index >= 15 is 0 Å². The molecular formula is C18H23N3O3. The highest BCUT2D eigenvalue weighted by Crippen LogP contribution is 2.19. The van der Waals surface area contributed by atoms with Crippen LogP contribution in [-0.4, -0.2) is 24.7 Å². The molecule has 0 saturated heterocycles. The number of nitrogens with one attached hydrogen (secondary N) is 2. The van der Waals surface area contributed by atoms with Crippen molar-refractivity contribution in [3.63, 3.8) is 0 Å². The van der Waals surface area contributed by atoms with E-state index in [0.29, 0.717) is 19.0 Å². The number of carbonyl (C=O) groups is 1. The van der Waals surface area contributed by atoms with Gasteiger partial charge in [-0.15, -0.1) is 0 Å². The Morgan fingerprint density at radius 1 is 1.29 bits per heavy atom. The van der Waals surface area contributed by atoms with Crippen LogP contribution in [-0.2, 0) is 6.54 Å². The molecule has 2 rings (SSSR count). The average molecular weight is 329 g/mol. The summed E-state index contributed by atoms with van der Waals surface area (Å²) in [5.74, 6) is 1.35. The fourth-order valence-electron chi connectivity index (χ4n) is 2.19. The van der Waals surface area contributed by atoms with Crippen molar-refractivity contribution in [2.75, 3.05) is 13.7 Å². The average Bonchev–Trinajstić information content (AvgIpc) is 2.61. The van der Waals surface area contributed by atoms with Gasteiger partial charge in [-0.3, -0.25) is 0 Å². The number of ether oxygens (including phenoxy) is 2. The zero-order valence-corrected chi connectivity index (χ0v) is 14.2. The predicted molar refractivity (Wildman–Crippen MR) is 92.2 cm³/mol. The molecule has 0 unspecified atom stereocenters. The molecule has 2 aromatic rings. The standard InChI is InChI=1S/C18H23N3O3/c1-4-24-16-7-5-6-15(10-16)13(2)21-18(22)20-12-14-8-9-17(23-3)19-11-14/h5-11,13H,4,12H2,1-3H3,(H2,20,21,22)/t13-/m1/s1. The number of urea groups is 1. The lowest BCUT2D eigenvalue weighted by molar-refractivity contribution is 0.237. The Hall–Kier alpha value is -2.76. The summed E-state index contributed by atoms with van der Waals surface area (Å²) in [7, 11) is 1.57. The summed E-state index contributed by atoms with van der Waals surface area (Å²) >= 11 is 0. The van der Waals surface area contributed by atoms with Crippen LogP contribution in [0.25, 0.3) is 0 Å². The largest absolute Gasteiger partial charge is 0.494 e. The van der Waals surface area contributed by atoms with Gasteiger partial charge < -0.3 is 20.1 Å². The highest BCUT2D eigenvalue weighted by Gasteiger charge is 2.10. The van der Waals surface area contributed by atoms with Gasteiger partial charge in [-0.05, 0) is 37.1 Å². The molecule has 1 aromatic carbocycles. The second kappa shape index (κ2) is 8.76. The molecule has 1 aromatic heterocycles. The summed E-state index contributed by atoms with van der Waals surface area (Å²) in [6.45, 7) is 4.88. The molecule has 0 aliphatic rings.